The molecule has 0 saturated carbocycles. The van der Waals surface area contributed by atoms with Gasteiger partial charge in [-0.3, -0.25) is 10.1 Å². The predicted octanol–water partition coefficient (Wildman–Crippen LogP) is 1.40. The van der Waals surface area contributed by atoms with E-state index in [0.29, 0.717) is 23.5 Å². The summed E-state index contributed by atoms with van der Waals surface area (Å²) in [5.74, 6) is 5.79. The van der Waals surface area contributed by atoms with E-state index in [4.69, 9.17) is 5.11 Å². The zero-order valence-electron chi connectivity index (χ0n) is 10.2. The van der Waals surface area contributed by atoms with Gasteiger partial charge in [-0.2, -0.15) is 0 Å². The molecular weight excluding hydrogens is 242 g/mol. The minimum absolute atomic E-state index is 0.00770. The SMILES string of the molecule is O=C(Nc1ncc[nH]1)c1ccccc1C#CCCO. The van der Waals surface area contributed by atoms with Crippen LogP contribution in [0.2, 0.25) is 0 Å². The van der Waals surface area contributed by atoms with Crippen molar-refractivity contribution >= 4 is 11.9 Å². The number of aromatic nitrogens is 2. The van der Waals surface area contributed by atoms with Crippen molar-refractivity contribution in [1.82, 2.24) is 9.97 Å². The predicted molar refractivity (Wildman–Crippen MR) is 71.6 cm³/mol. The molecule has 5 nitrogen and oxygen atoms in total. The lowest BCUT2D eigenvalue weighted by Crippen LogP contribution is -2.14. The Morgan fingerprint density at radius 3 is 3.00 bits per heavy atom. The molecule has 5 heteroatoms. The molecule has 0 spiro atoms. The van der Waals surface area contributed by atoms with Gasteiger partial charge in [0.05, 0.1) is 12.2 Å². The van der Waals surface area contributed by atoms with Gasteiger partial charge in [0.15, 0.2) is 0 Å². The topological polar surface area (TPSA) is 78.0 Å². The highest BCUT2D eigenvalue weighted by Gasteiger charge is 2.10. The number of imidazole rings is 1. The average Bonchev–Trinajstić information content (AvgIpc) is 2.92. The molecule has 1 aromatic heterocycles. The van der Waals surface area contributed by atoms with Gasteiger partial charge in [0.1, 0.15) is 0 Å². The fourth-order valence-electron chi connectivity index (χ4n) is 1.51. The van der Waals surface area contributed by atoms with Gasteiger partial charge >= 0.3 is 0 Å². The molecule has 0 fully saturated rings. The van der Waals surface area contributed by atoms with E-state index >= 15 is 0 Å². The quantitative estimate of drug-likeness (QED) is 0.725. The van der Waals surface area contributed by atoms with E-state index in [1.54, 1.807) is 30.6 Å². The van der Waals surface area contributed by atoms with Gasteiger partial charge in [-0.1, -0.05) is 24.0 Å². The van der Waals surface area contributed by atoms with Gasteiger partial charge in [0, 0.05) is 24.4 Å². The first kappa shape index (κ1) is 12.9. The largest absolute Gasteiger partial charge is 0.395 e. The Balaban J connectivity index is 2.20. The number of aliphatic hydroxyl groups excluding tert-OH is 1. The Morgan fingerprint density at radius 1 is 1.42 bits per heavy atom. The number of aromatic amines is 1. The third-order valence-electron chi connectivity index (χ3n) is 2.36. The lowest BCUT2D eigenvalue weighted by molar-refractivity contribution is 0.102. The molecule has 1 aromatic carbocycles. The van der Waals surface area contributed by atoms with Crippen molar-refractivity contribution in [2.24, 2.45) is 0 Å². The number of hydrogen-bond donors (Lipinski definition) is 3. The highest BCUT2D eigenvalue weighted by molar-refractivity contribution is 6.05. The minimum Gasteiger partial charge on any atom is -0.395 e. The van der Waals surface area contributed by atoms with Crippen LogP contribution in [0.1, 0.15) is 22.3 Å². The van der Waals surface area contributed by atoms with Crippen LogP contribution in [0, 0.1) is 11.8 Å². The summed E-state index contributed by atoms with van der Waals surface area (Å²) in [4.78, 5) is 18.8. The molecule has 0 saturated heterocycles. The summed E-state index contributed by atoms with van der Waals surface area (Å²) in [6.07, 6.45) is 3.57. The number of rotatable bonds is 3. The lowest BCUT2D eigenvalue weighted by Gasteiger charge is -2.04. The van der Waals surface area contributed by atoms with E-state index in [2.05, 4.69) is 27.1 Å². The van der Waals surface area contributed by atoms with Crippen LogP contribution in [0.25, 0.3) is 0 Å². The first-order chi connectivity index (χ1) is 9.31. The lowest BCUT2D eigenvalue weighted by atomic mass is 10.1. The highest BCUT2D eigenvalue weighted by atomic mass is 16.2. The maximum absolute atomic E-state index is 12.1. The van der Waals surface area contributed by atoms with Crippen molar-refractivity contribution in [3.63, 3.8) is 0 Å². The summed E-state index contributed by atoms with van der Waals surface area (Å²) in [5.41, 5.74) is 1.10. The van der Waals surface area contributed by atoms with E-state index in [9.17, 15) is 4.79 Å². The van der Waals surface area contributed by atoms with E-state index in [0.717, 1.165) is 0 Å². The van der Waals surface area contributed by atoms with Crippen LogP contribution in [0.4, 0.5) is 5.95 Å². The Hall–Kier alpha value is -2.58. The summed E-state index contributed by atoms with van der Waals surface area (Å²) < 4.78 is 0. The molecule has 19 heavy (non-hydrogen) atoms. The maximum Gasteiger partial charge on any atom is 0.259 e. The zero-order valence-corrected chi connectivity index (χ0v) is 10.2. The molecule has 96 valence electrons. The van der Waals surface area contributed by atoms with E-state index in [-0.39, 0.29) is 12.5 Å². The van der Waals surface area contributed by atoms with Crippen molar-refractivity contribution in [3.05, 3.63) is 47.8 Å². The number of hydrogen-bond acceptors (Lipinski definition) is 3. The first-order valence-electron chi connectivity index (χ1n) is 5.81. The Kier molecular flexibility index (Phi) is 4.32. The van der Waals surface area contributed by atoms with Crippen molar-refractivity contribution in [1.29, 1.82) is 0 Å². The van der Waals surface area contributed by atoms with E-state index in [1.165, 1.54) is 0 Å². The van der Waals surface area contributed by atoms with Crippen LogP contribution >= 0.6 is 0 Å². The van der Waals surface area contributed by atoms with Crippen molar-refractivity contribution in [2.75, 3.05) is 11.9 Å². The highest BCUT2D eigenvalue weighted by Crippen LogP contribution is 2.09. The second kappa shape index (κ2) is 6.38. The van der Waals surface area contributed by atoms with Crippen molar-refractivity contribution in [2.45, 2.75) is 6.42 Å². The summed E-state index contributed by atoms with van der Waals surface area (Å²) in [7, 11) is 0. The second-order valence-electron chi connectivity index (χ2n) is 3.71. The van der Waals surface area contributed by atoms with Crippen LogP contribution in [-0.4, -0.2) is 27.6 Å². The van der Waals surface area contributed by atoms with Crippen LogP contribution in [-0.2, 0) is 0 Å². The normalized spacial score (nSPS) is 9.53. The third kappa shape index (κ3) is 3.44. The van der Waals surface area contributed by atoms with Gasteiger partial charge in [-0.05, 0) is 12.1 Å². The summed E-state index contributed by atoms with van der Waals surface area (Å²) in [5, 5.41) is 11.3. The molecule has 0 radical (unpaired) electrons. The summed E-state index contributed by atoms with van der Waals surface area (Å²) in [6, 6.07) is 7.05. The second-order valence-corrected chi connectivity index (χ2v) is 3.71. The molecule has 3 N–H and O–H groups in total. The molecule has 0 aliphatic heterocycles. The maximum atomic E-state index is 12.1. The zero-order chi connectivity index (χ0) is 13.5. The number of carbonyl (C=O) groups is 1. The third-order valence-corrected chi connectivity index (χ3v) is 2.36. The van der Waals surface area contributed by atoms with Crippen molar-refractivity contribution in [3.8, 4) is 11.8 Å². The monoisotopic (exact) mass is 255 g/mol. The van der Waals surface area contributed by atoms with Crippen LogP contribution < -0.4 is 5.32 Å². The number of carbonyl (C=O) groups excluding carboxylic acids is 1. The molecule has 2 rings (SSSR count). The Bertz CT molecular complexity index is 609. The van der Waals surface area contributed by atoms with Crippen molar-refractivity contribution < 1.29 is 9.90 Å². The van der Waals surface area contributed by atoms with Crippen LogP contribution in [0.5, 0.6) is 0 Å². The van der Waals surface area contributed by atoms with E-state index in [1.807, 2.05) is 6.07 Å². The van der Waals surface area contributed by atoms with Crippen LogP contribution in [0.15, 0.2) is 36.7 Å². The first-order valence-corrected chi connectivity index (χ1v) is 5.81. The number of benzene rings is 1. The van der Waals surface area contributed by atoms with Gasteiger partial charge in [0.25, 0.3) is 5.91 Å². The number of nitrogens with zero attached hydrogens (tertiary/aromatic N) is 1. The number of H-pyrrole nitrogens is 1. The number of aliphatic hydroxyl groups is 1. The number of amides is 1. The molecule has 1 amide bonds. The molecule has 0 aliphatic rings. The molecule has 0 bridgehead atoms. The molecular formula is C14H13N3O2. The van der Waals surface area contributed by atoms with Gasteiger partial charge < -0.3 is 10.1 Å². The van der Waals surface area contributed by atoms with E-state index < -0.39 is 0 Å². The number of nitrogens with one attached hydrogen (secondary N) is 2. The fraction of sp³-hybridized carbons (Fsp3) is 0.143. The summed E-state index contributed by atoms with van der Waals surface area (Å²) >= 11 is 0. The molecule has 1 heterocycles. The molecule has 2 aromatic rings. The average molecular weight is 255 g/mol. The Morgan fingerprint density at radius 2 is 2.26 bits per heavy atom. The van der Waals surface area contributed by atoms with Gasteiger partial charge in [-0.25, -0.2) is 4.98 Å². The molecule has 0 unspecified atom stereocenters. The smallest absolute Gasteiger partial charge is 0.259 e. The fourth-order valence-corrected chi connectivity index (χ4v) is 1.51. The number of anilines is 1. The molecule has 0 atom stereocenters. The van der Waals surface area contributed by atoms with Crippen LogP contribution in [0.3, 0.4) is 0 Å². The standard InChI is InChI=1S/C14H13N3O2/c18-10-4-3-6-11-5-1-2-7-12(11)13(19)17-14-15-8-9-16-14/h1-2,5,7-9,18H,4,10H2,(H2,15,16,17,19). The Labute approximate surface area is 110 Å². The van der Waals surface area contributed by atoms with Gasteiger partial charge in [-0.15, -0.1) is 0 Å². The minimum atomic E-state index is -0.274. The molecule has 0 aliphatic carbocycles. The summed E-state index contributed by atoms with van der Waals surface area (Å²) in [6.45, 7) is 0.00770. The van der Waals surface area contributed by atoms with Gasteiger partial charge in [0.2, 0.25) is 5.95 Å².